The van der Waals surface area contributed by atoms with Gasteiger partial charge in [0.2, 0.25) is 0 Å². The van der Waals surface area contributed by atoms with Gasteiger partial charge in [0.05, 0.1) is 145 Å². The summed E-state index contributed by atoms with van der Waals surface area (Å²) < 4.78 is 48.5. The Kier molecular flexibility index (Phi) is 32.2. The summed E-state index contributed by atoms with van der Waals surface area (Å²) >= 11 is 19.2. The van der Waals surface area contributed by atoms with Gasteiger partial charge in [-0.2, -0.15) is 0 Å². The van der Waals surface area contributed by atoms with Crippen molar-refractivity contribution in [2.75, 3.05) is 181 Å². The molecule has 33 nitrogen and oxygen atoms in total. The van der Waals surface area contributed by atoms with E-state index in [1.807, 2.05) is 75.4 Å². The molecule has 18 rings (SSSR count). The third-order valence-corrected chi connectivity index (χ3v) is 25.3. The number of halogens is 3. The number of aromatic hydroxyl groups is 5. The van der Waals surface area contributed by atoms with E-state index < -0.39 is 5.91 Å². The summed E-state index contributed by atoms with van der Waals surface area (Å²) in [4.78, 5) is 108. The van der Waals surface area contributed by atoms with Crippen LogP contribution >= 0.6 is 34.8 Å². The number of aromatic amines is 3. The predicted octanol–water partition coefficient (Wildman–Crippen LogP) is 16.8. The molecule has 9 heterocycles. The van der Waals surface area contributed by atoms with Crippen molar-refractivity contribution in [2.45, 2.75) is 38.5 Å². The van der Waals surface area contributed by atoms with Gasteiger partial charge in [-0.3, -0.25) is 28.8 Å². The smallest absolute Gasteiger partial charge is 0.274 e. The maximum absolute atomic E-state index is 13.9. The normalized spacial score (nSPS) is 14.1. The van der Waals surface area contributed by atoms with Crippen LogP contribution in [0.5, 0.6) is 40.2 Å². The van der Waals surface area contributed by atoms with E-state index in [4.69, 9.17) is 82.5 Å². The number of fused-ring (bicyclic) bond motifs is 12. The van der Waals surface area contributed by atoms with Crippen LogP contribution in [-0.4, -0.2) is 246 Å². The largest absolute Gasteiger partial charge is 0.508 e. The lowest BCUT2D eigenvalue weighted by atomic mass is 9.92. The van der Waals surface area contributed by atoms with Crippen LogP contribution in [0.3, 0.4) is 0 Å². The Labute approximate surface area is 818 Å². The highest BCUT2D eigenvalue weighted by molar-refractivity contribution is 6.22. The highest BCUT2D eigenvalue weighted by Gasteiger charge is 2.40. The first-order valence-corrected chi connectivity index (χ1v) is 46.9. The number of ether oxygens (including phenoxy) is 9. The number of phenols is 5. The highest BCUT2D eigenvalue weighted by Crippen LogP contribution is 2.51. The number of aliphatic hydroxyl groups is 1. The molecule has 0 spiro atoms. The third-order valence-electron chi connectivity index (χ3n) is 24.2. The molecule has 0 bridgehead atoms. The molecule has 0 fully saturated rings. The fourth-order valence-corrected chi connectivity index (χ4v) is 18.3. The van der Waals surface area contributed by atoms with Crippen LogP contribution in [0.25, 0.3) is 65.4 Å². The van der Waals surface area contributed by atoms with E-state index in [1.165, 1.54) is 61.1 Å². The van der Waals surface area contributed by atoms with Crippen molar-refractivity contribution in [2.24, 2.45) is 0 Å². The standard InChI is InChI=1S/C38H41ClN4O9.C37H39ClN4O8.C29H23ClN4O4/c1-23-4-3-5-28-32(45)19-30-35(34(23)28)26(20-39)22-43(30)38(47)29-17-25-16-27(21-40-36(25)42-29)41-37(46)24-6-7-31(44)33(18-24)52-15-14-51-13-12-50-11-10-49-9-8-48-2;1-23-3-2-4-29-32(44)19-31-34(33(23)29)26(20-38)22-42(31)37(46)30-18-25-17-27(21-39-35(25)41-30)40-36(45)24-5-7-28(8-6-24)50-16-15-49-14-13-48-12-11-47-10-9-43;1-15-3-2-4-21-24(36)11-23-26(25(15)21)18(12-30)14-34(23)29(38)22-10-17-9-19(13-31-27(17)33-22)32-28(37)16-5-7-20(35)8-6-16/h3-7,16-19,21,26,44-45H,8-15,20,22H2,1-2H3,(H,40,42)(H,41,46);2-8,17-19,21,26,43-44H,9-16,20,22H2,1H3,(H,39,41)(H,40,45);2-11,13,18,35-36H,12,14H2,1H3,(H,31,33)(H,32,37)/t2*26-;18-/m111/s1. The number of nitrogens with zero attached hydrogens (tertiary/aromatic N) is 6. The number of pyridine rings is 3. The summed E-state index contributed by atoms with van der Waals surface area (Å²) in [6.07, 6.45) is 4.52. The number of hydrogen-bond acceptors (Lipinski definition) is 24. The van der Waals surface area contributed by atoms with E-state index in [0.29, 0.717) is 224 Å². The molecule has 0 saturated carbocycles. The molecule has 12 N–H and O–H groups in total. The number of methoxy groups -OCH3 is 1. The van der Waals surface area contributed by atoms with Crippen LogP contribution in [0.4, 0.5) is 34.1 Å². The Balaban J connectivity index is 0.000000153. The molecule has 0 radical (unpaired) electrons. The molecule has 0 saturated heterocycles. The van der Waals surface area contributed by atoms with Crippen LogP contribution in [0.2, 0.25) is 0 Å². The summed E-state index contributed by atoms with van der Waals surface area (Å²) in [6, 6.07) is 49.4. The van der Waals surface area contributed by atoms with Gasteiger partial charge in [0.1, 0.15) is 76.0 Å². The molecule has 15 aromatic rings. The lowest BCUT2D eigenvalue weighted by molar-refractivity contribution is 0.0000838. The first-order chi connectivity index (χ1) is 68.0. The van der Waals surface area contributed by atoms with Crippen molar-refractivity contribution < 1.29 is 102 Å². The van der Waals surface area contributed by atoms with Gasteiger partial charge in [0.25, 0.3) is 35.4 Å². The van der Waals surface area contributed by atoms with Gasteiger partial charge in [-0.25, -0.2) is 15.0 Å². The molecule has 140 heavy (non-hydrogen) atoms. The molecule has 3 atom stereocenters. The number of amides is 6. The van der Waals surface area contributed by atoms with Gasteiger partial charge in [-0.05, 0) is 173 Å². The summed E-state index contributed by atoms with van der Waals surface area (Å²) in [5.41, 5.74) is 12.7. The summed E-state index contributed by atoms with van der Waals surface area (Å²) in [5.74, 6) is -0.218. The van der Waals surface area contributed by atoms with Crippen LogP contribution in [0.1, 0.15) is 114 Å². The summed E-state index contributed by atoms with van der Waals surface area (Å²) in [7, 11) is 1.62. The van der Waals surface area contributed by atoms with Gasteiger partial charge in [-0.1, -0.05) is 54.6 Å². The molecule has 3 aliphatic rings. The van der Waals surface area contributed by atoms with Gasteiger partial charge in [-0.15, -0.1) is 34.8 Å². The number of aromatic nitrogens is 6. The average Bonchev–Trinajstić information content (AvgIpc) is 1.59. The van der Waals surface area contributed by atoms with Crippen molar-refractivity contribution in [3.05, 3.63) is 262 Å². The fourth-order valence-electron chi connectivity index (χ4n) is 17.5. The number of alkyl halides is 3. The molecule has 6 aromatic heterocycles. The number of H-pyrrole nitrogens is 3. The second-order valence-electron chi connectivity index (χ2n) is 33.5. The Hall–Kier alpha value is -14.2. The number of aryl methyl sites for hydroxylation is 3. The molecule has 9 aromatic carbocycles. The van der Waals surface area contributed by atoms with E-state index >= 15 is 0 Å². The van der Waals surface area contributed by atoms with Crippen LogP contribution in [0.15, 0.2) is 195 Å². The molecule has 36 heteroatoms. The predicted molar refractivity (Wildman–Crippen MR) is 536 cm³/mol. The Morgan fingerprint density at radius 2 is 0.707 bits per heavy atom. The number of aliphatic hydroxyl groups excluding tert-OH is 1. The van der Waals surface area contributed by atoms with Crippen molar-refractivity contribution in [1.82, 2.24) is 29.9 Å². The SMILES string of the molecule is COCCOCCOCCOCCOc1cc(C(=O)Nc2cnc3[nH]c(C(=O)N4C[C@@H](CCl)c5c4cc(O)c4cccc(C)c54)cc3c2)ccc1O.Cc1cccc2c(O)cc3c(c12)[C@H](CCl)CN3C(=O)c1cc2cc(NC(=O)c3ccc(O)cc3)cnc2[nH]1.Cc1cccc2c(O)cc3c(c12)[C@H](CCl)CN3C(=O)c1cc2cc(NC(=O)c3ccc(OCCOCCOCCOCCO)cc3)cnc2[nH]1. The second kappa shape index (κ2) is 45.6. The number of hydrogen-bond donors (Lipinski definition) is 12. The fraction of sp³-hybridized carbons (Fsp3) is 0.279. The minimum Gasteiger partial charge on any atom is -0.508 e. The number of carbonyl (C=O) groups is 6. The molecule has 6 amide bonds. The molecule has 0 aliphatic carbocycles. The van der Waals surface area contributed by atoms with Crippen LogP contribution in [-0.2, 0) is 33.2 Å². The quantitative estimate of drug-likeness (QED) is 0.0127. The average molecular weight is 1960 g/mol. The number of anilines is 6. The van der Waals surface area contributed by atoms with Crippen LogP contribution in [0, 0.1) is 20.8 Å². The summed E-state index contributed by atoms with van der Waals surface area (Å²) in [6.45, 7) is 13.0. The number of rotatable bonds is 37. The lowest BCUT2D eigenvalue weighted by Gasteiger charge is -2.18. The van der Waals surface area contributed by atoms with Crippen LogP contribution < -0.4 is 40.1 Å². The van der Waals surface area contributed by atoms with Gasteiger partial charge in [0, 0.05) is 129 Å². The Bertz CT molecular complexity index is 7080. The van der Waals surface area contributed by atoms with Gasteiger partial charge < -0.3 is 119 Å². The number of carbonyl (C=O) groups excluding carboxylic acids is 6. The third kappa shape index (κ3) is 22.4. The van der Waals surface area contributed by atoms with Crippen molar-refractivity contribution in [3.8, 4) is 40.2 Å². The molecule has 726 valence electrons. The van der Waals surface area contributed by atoms with E-state index in [1.54, 1.807) is 101 Å². The van der Waals surface area contributed by atoms with E-state index in [2.05, 4.69) is 45.9 Å². The van der Waals surface area contributed by atoms with Crippen molar-refractivity contribution in [1.29, 1.82) is 0 Å². The van der Waals surface area contributed by atoms with E-state index in [0.717, 1.165) is 65.7 Å². The van der Waals surface area contributed by atoms with Gasteiger partial charge in [0.15, 0.2) is 11.5 Å². The zero-order valence-electron chi connectivity index (χ0n) is 76.9. The number of benzene rings is 9. The second-order valence-corrected chi connectivity index (χ2v) is 34.4. The Morgan fingerprint density at radius 3 is 1.06 bits per heavy atom. The maximum atomic E-state index is 13.9. The highest BCUT2D eigenvalue weighted by atomic mass is 35.5. The van der Waals surface area contributed by atoms with Crippen molar-refractivity contribution >= 4 is 170 Å². The minimum absolute atomic E-state index is 0.00579. The first-order valence-electron chi connectivity index (χ1n) is 45.3. The first kappa shape index (κ1) is 98.8. The molecular formula is C104H103Cl3N12O21. The summed E-state index contributed by atoms with van der Waals surface area (Å²) in [5, 5.41) is 76.2. The molecule has 3 aliphatic heterocycles. The van der Waals surface area contributed by atoms with E-state index in [-0.39, 0.29) is 107 Å². The minimum atomic E-state index is -0.444. The number of phenolic OH excluding ortho intramolecular Hbond substituents is 5. The van der Waals surface area contributed by atoms with Gasteiger partial charge >= 0.3 is 0 Å². The van der Waals surface area contributed by atoms with Crippen molar-refractivity contribution in [3.63, 3.8) is 0 Å². The number of nitrogens with one attached hydrogen (secondary N) is 6. The monoisotopic (exact) mass is 1960 g/mol. The topological polar surface area (TPSA) is 439 Å². The zero-order valence-corrected chi connectivity index (χ0v) is 79.2. The zero-order chi connectivity index (χ0) is 98.2. The molecule has 0 unspecified atom stereocenters. The maximum Gasteiger partial charge on any atom is 0.274 e. The molecular weight excluding hydrogens is 1860 g/mol. The lowest BCUT2D eigenvalue weighted by Crippen LogP contribution is -2.30. The Morgan fingerprint density at radius 1 is 0.379 bits per heavy atom. The van der Waals surface area contributed by atoms with E-state index in [9.17, 15) is 54.3 Å².